The van der Waals surface area contributed by atoms with E-state index in [0.717, 1.165) is 0 Å². The maximum absolute atomic E-state index is 12.3. The van der Waals surface area contributed by atoms with E-state index in [0.29, 0.717) is 11.5 Å². The largest absolute Gasteiger partial charge is 0.454 e. The molecule has 0 saturated carbocycles. The van der Waals surface area contributed by atoms with Crippen molar-refractivity contribution in [3.8, 4) is 17.2 Å². The normalized spacial score (nSPS) is 13.4. The van der Waals surface area contributed by atoms with Gasteiger partial charge in [-0.15, -0.1) is 0 Å². The van der Waals surface area contributed by atoms with Crippen LogP contribution in [0.3, 0.4) is 0 Å². The van der Waals surface area contributed by atoms with Crippen LogP contribution in [0.1, 0.15) is 27.6 Å². The molecule has 2 aromatic rings. The number of hydrogen-bond donors (Lipinski definition) is 0. The fourth-order valence-corrected chi connectivity index (χ4v) is 2.34. The van der Waals surface area contributed by atoms with Gasteiger partial charge in [0.25, 0.3) is 0 Å². The van der Waals surface area contributed by atoms with E-state index in [9.17, 15) is 18.4 Å². The van der Waals surface area contributed by atoms with E-state index in [1.54, 1.807) is 6.07 Å². The van der Waals surface area contributed by atoms with E-state index in [4.69, 9.17) is 14.2 Å². The van der Waals surface area contributed by atoms with Crippen molar-refractivity contribution in [3.63, 3.8) is 0 Å². The standard InChI is InChI=1S/C18H14F2O6/c1-10(16(21)11-2-5-13(6-3-11)26-18(19)20)25-17(22)12-4-7-14-15(8-12)24-9-23-14/h2-8,10,18H,9H2,1H3/t10-/m0/s1. The van der Waals surface area contributed by atoms with Gasteiger partial charge in [-0.2, -0.15) is 8.78 Å². The lowest BCUT2D eigenvalue weighted by molar-refractivity contribution is -0.0498. The SMILES string of the molecule is C[C@H](OC(=O)c1ccc2c(c1)OCO2)C(=O)c1ccc(OC(F)F)cc1. The minimum Gasteiger partial charge on any atom is -0.454 e. The Morgan fingerprint density at radius 3 is 2.35 bits per heavy atom. The van der Waals surface area contributed by atoms with Gasteiger partial charge in [-0.1, -0.05) is 0 Å². The first-order valence-corrected chi connectivity index (χ1v) is 7.64. The summed E-state index contributed by atoms with van der Waals surface area (Å²) in [6.07, 6.45) is -1.06. The molecule has 1 heterocycles. The minimum atomic E-state index is -2.95. The Hall–Kier alpha value is -3.16. The number of fused-ring (bicyclic) bond motifs is 1. The summed E-state index contributed by atoms with van der Waals surface area (Å²) in [4.78, 5) is 24.5. The molecular formula is C18H14F2O6. The van der Waals surface area contributed by atoms with Crippen LogP contribution in [0.2, 0.25) is 0 Å². The third-order valence-electron chi connectivity index (χ3n) is 3.63. The van der Waals surface area contributed by atoms with Crippen molar-refractivity contribution >= 4 is 11.8 Å². The topological polar surface area (TPSA) is 71.1 Å². The van der Waals surface area contributed by atoms with Crippen molar-refractivity contribution in [2.75, 3.05) is 6.79 Å². The first-order valence-electron chi connectivity index (χ1n) is 7.64. The molecule has 1 aliphatic rings. The zero-order valence-electron chi connectivity index (χ0n) is 13.6. The summed E-state index contributed by atoms with van der Waals surface area (Å²) in [7, 11) is 0. The van der Waals surface area contributed by atoms with Gasteiger partial charge in [-0.25, -0.2) is 4.79 Å². The summed E-state index contributed by atoms with van der Waals surface area (Å²) < 4.78 is 44.0. The van der Waals surface area contributed by atoms with Crippen molar-refractivity contribution < 1.29 is 37.3 Å². The van der Waals surface area contributed by atoms with Crippen molar-refractivity contribution in [2.24, 2.45) is 0 Å². The molecule has 2 aromatic carbocycles. The summed E-state index contributed by atoms with van der Waals surface area (Å²) in [5, 5.41) is 0. The Morgan fingerprint density at radius 2 is 1.65 bits per heavy atom. The van der Waals surface area contributed by atoms with Crippen molar-refractivity contribution in [1.29, 1.82) is 0 Å². The zero-order chi connectivity index (χ0) is 18.7. The van der Waals surface area contributed by atoms with Crippen LogP contribution < -0.4 is 14.2 Å². The zero-order valence-corrected chi connectivity index (χ0v) is 13.6. The van der Waals surface area contributed by atoms with E-state index in [-0.39, 0.29) is 23.7 Å². The van der Waals surface area contributed by atoms with Crippen LogP contribution >= 0.6 is 0 Å². The molecule has 0 fully saturated rings. The average Bonchev–Trinajstić information content (AvgIpc) is 3.08. The summed E-state index contributed by atoms with van der Waals surface area (Å²) in [6, 6.07) is 9.68. The average molecular weight is 364 g/mol. The Balaban J connectivity index is 1.64. The molecule has 0 amide bonds. The number of rotatable bonds is 6. The van der Waals surface area contributed by atoms with Gasteiger partial charge < -0.3 is 18.9 Å². The second kappa shape index (κ2) is 7.38. The van der Waals surface area contributed by atoms with E-state index in [2.05, 4.69) is 4.74 Å². The van der Waals surface area contributed by atoms with Gasteiger partial charge in [0.05, 0.1) is 5.56 Å². The molecule has 6 nitrogen and oxygen atoms in total. The quantitative estimate of drug-likeness (QED) is 0.578. The number of alkyl halides is 2. The number of carbonyl (C=O) groups is 2. The Labute approximate surface area is 147 Å². The Kier molecular flexibility index (Phi) is 5.01. The summed E-state index contributed by atoms with van der Waals surface area (Å²) in [6.45, 7) is -1.44. The lowest BCUT2D eigenvalue weighted by atomic mass is 10.1. The Morgan fingerprint density at radius 1 is 1.00 bits per heavy atom. The van der Waals surface area contributed by atoms with Crippen LogP contribution in [0.15, 0.2) is 42.5 Å². The van der Waals surface area contributed by atoms with Gasteiger partial charge in [0.1, 0.15) is 5.75 Å². The minimum absolute atomic E-state index is 0.0680. The van der Waals surface area contributed by atoms with Crippen molar-refractivity contribution in [3.05, 3.63) is 53.6 Å². The molecule has 0 aromatic heterocycles. The van der Waals surface area contributed by atoms with Crippen molar-refractivity contribution in [1.82, 2.24) is 0 Å². The molecule has 0 unspecified atom stereocenters. The fourth-order valence-electron chi connectivity index (χ4n) is 2.34. The molecule has 3 rings (SSSR count). The molecule has 0 spiro atoms. The molecule has 0 radical (unpaired) electrons. The van der Waals surface area contributed by atoms with Gasteiger partial charge in [0.15, 0.2) is 17.6 Å². The molecule has 8 heteroatoms. The monoisotopic (exact) mass is 364 g/mol. The number of esters is 1. The van der Waals surface area contributed by atoms with Crippen LogP contribution in [-0.2, 0) is 4.74 Å². The van der Waals surface area contributed by atoms with Gasteiger partial charge in [-0.05, 0) is 49.4 Å². The predicted octanol–water partition coefficient (Wildman–Crippen LogP) is 3.44. The molecule has 0 saturated heterocycles. The second-order valence-electron chi connectivity index (χ2n) is 5.38. The Bertz CT molecular complexity index is 819. The molecule has 136 valence electrons. The number of halogens is 2. The van der Waals surface area contributed by atoms with Gasteiger partial charge in [0, 0.05) is 5.56 Å². The van der Waals surface area contributed by atoms with Crippen molar-refractivity contribution in [2.45, 2.75) is 19.6 Å². The van der Waals surface area contributed by atoms with Gasteiger partial charge >= 0.3 is 12.6 Å². The maximum atomic E-state index is 12.3. The van der Waals surface area contributed by atoms with Crippen LogP contribution in [0.4, 0.5) is 8.78 Å². The highest BCUT2D eigenvalue weighted by atomic mass is 19.3. The first-order chi connectivity index (χ1) is 12.4. The fraction of sp³-hybridized carbons (Fsp3) is 0.222. The first kappa shape index (κ1) is 17.7. The number of Topliss-reactive ketones (excluding diaryl/α,β-unsaturated/α-hetero) is 1. The van der Waals surface area contributed by atoms with E-state index in [1.165, 1.54) is 43.3 Å². The number of hydrogen-bond acceptors (Lipinski definition) is 6. The van der Waals surface area contributed by atoms with E-state index < -0.39 is 24.5 Å². The highest BCUT2D eigenvalue weighted by Gasteiger charge is 2.22. The third-order valence-corrected chi connectivity index (χ3v) is 3.63. The lowest BCUT2D eigenvalue weighted by Gasteiger charge is -2.13. The summed E-state index contributed by atoms with van der Waals surface area (Å²) in [5.74, 6) is -0.282. The smallest absolute Gasteiger partial charge is 0.387 e. The summed E-state index contributed by atoms with van der Waals surface area (Å²) >= 11 is 0. The third kappa shape index (κ3) is 3.90. The summed E-state index contributed by atoms with van der Waals surface area (Å²) in [5.41, 5.74) is 0.423. The highest BCUT2D eigenvalue weighted by molar-refractivity contribution is 6.01. The number of ether oxygens (including phenoxy) is 4. The predicted molar refractivity (Wildman–Crippen MR) is 84.8 cm³/mol. The van der Waals surface area contributed by atoms with E-state index in [1.807, 2.05) is 0 Å². The maximum Gasteiger partial charge on any atom is 0.387 e. The van der Waals surface area contributed by atoms with Gasteiger partial charge in [-0.3, -0.25) is 4.79 Å². The van der Waals surface area contributed by atoms with Crippen LogP contribution in [0, 0.1) is 0 Å². The second-order valence-corrected chi connectivity index (χ2v) is 5.38. The number of benzene rings is 2. The van der Waals surface area contributed by atoms with Gasteiger partial charge in [0.2, 0.25) is 12.6 Å². The molecule has 0 aliphatic carbocycles. The number of carbonyl (C=O) groups excluding carboxylic acids is 2. The molecule has 0 bridgehead atoms. The van der Waals surface area contributed by atoms with E-state index >= 15 is 0 Å². The highest BCUT2D eigenvalue weighted by Crippen LogP contribution is 2.32. The number of ketones is 1. The molecular weight excluding hydrogens is 350 g/mol. The lowest BCUT2D eigenvalue weighted by Crippen LogP contribution is -2.24. The van der Waals surface area contributed by atoms with Crippen LogP contribution in [0.25, 0.3) is 0 Å². The molecule has 26 heavy (non-hydrogen) atoms. The molecule has 1 aliphatic heterocycles. The molecule has 0 N–H and O–H groups in total. The van der Waals surface area contributed by atoms with Crippen LogP contribution in [0.5, 0.6) is 17.2 Å². The van der Waals surface area contributed by atoms with Crippen LogP contribution in [-0.4, -0.2) is 31.3 Å². The molecule has 1 atom stereocenters.